The molecule has 0 aromatic heterocycles. The van der Waals surface area contributed by atoms with Crippen LogP contribution in [0.2, 0.25) is 0 Å². The predicted molar refractivity (Wildman–Crippen MR) is 94.5 cm³/mol. The molecule has 2 aromatic carbocycles. The fraction of sp³-hybridized carbons (Fsp3) is 0.188. The molecule has 27 heavy (non-hydrogen) atoms. The molecule has 1 amide bonds. The Morgan fingerprint density at radius 3 is 2.41 bits per heavy atom. The van der Waals surface area contributed by atoms with Crippen molar-refractivity contribution in [3.05, 3.63) is 58.4 Å². The topological polar surface area (TPSA) is 119 Å². The van der Waals surface area contributed by atoms with Gasteiger partial charge in [-0.1, -0.05) is 0 Å². The molecule has 0 fully saturated rings. The second kappa shape index (κ2) is 8.10. The van der Waals surface area contributed by atoms with Crippen LogP contribution in [0.15, 0.2) is 47.4 Å². The highest BCUT2D eigenvalue weighted by atomic mass is 32.2. The predicted octanol–water partition coefficient (Wildman–Crippen LogP) is 2.00. The van der Waals surface area contributed by atoms with E-state index in [9.17, 15) is 27.7 Å². The quantitative estimate of drug-likeness (QED) is 0.564. The number of rotatable bonds is 7. The number of nitrogens with zero attached hydrogens (tertiary/aromatic N) is 2. The third-order valence-corrected chi connectivity index (χ3v) is 5.22. The molecule has 0 unspecified atom stereocenters. The minimum absolute atomic E-state index is 0.0529. The summed E-state index contributed by atoms with van der Waals surface area (Å²) in [4.78, 5) is 22.1. The number of hydrogen-bond donors (Lipinski definition) is 1. The lowest BCUT2D eigenvalue weighted by atomic mass is 10.3. The van der Waals surface area contributed by atoms with Crippen molar-refractivity contribution in [2.45, 2.75) is 4.90 Å². The molecule has 144 valence electrons. The number of carbonyl (C=O) groups is 1. The van der Waals surface area contributed by atoms with Gasteiger partial charge in [0, 0.05) is 31.9 Å². The second-order valence-electron chi connectivity index (χ2n) is 5.52. The normalized spacial score (nSPS) is 11.3. The smallest absolute Gasteiger partial charge is 0.311 e. The summed E-state index contributed by atoms with van der Waals surface area (Å²) < 4.78 is 43.2. The average molecular weight is 397 g/mol. The Labute approximate surface area is 154 Å². The first-order chi connectivity index (χ1) is 12.6. The van der Waals surface area contributed by atoms with Crippen molar-refractivity contribution in [2.75, 3.05) is 26.0 Å². The van der Waals surface area contributed by atoms with Gasteiger partial charge < -0.3 is 10.1 Å². The number of sulfonamides is 1. The number of nitro groups is 1. The highest BCUT2D eigenvalue weighted by molar-refractivity contribution is 7.89. The Balaban J connectivity index is 2.03. The number of benzene rings is 2. The monoisotopic (exact) mass is 397 g/mol. The summed E-state index contributed by atoms with van der Waals surface area (Å²) in [5.74, 6) is -1.77. The van der Waals surface area contributed by atoms with Crippen molar-refractivity contribution in [3.63, 3.8) is 0 Å². The lowest BCUT2D eigenvalue weighted by molar-refractivity contribution is -0.385. The molecule has 1 N–H and O–H groups in total. The molecule has 0 atom stereocenters. The van der Waals surface area contributed by atoms with Crippen LogP contribution in [-0.4, -0.2) is 44.3 Å². The Kier molecular flexibility index (Phi) is 6.08. The summed E-state index contributed by atoms with van der Waals surface area (Å²) in [5, 5.41) is 13.3. The molecule has 0 saturated carbocycles. The van der Waals surface area contributed by atoms with Crippen LogP contribution < -0.4 is 10.1 Å². The van der Waals surface area contributed by atoms with Crippen molar-refractivity contribution in [1.29, 1.82) is 0 Å². The van der Waals surface area contributed by atoms with E-state index in [2.05, 4.69) is 5.32 Å². The number of hydrogen-bond acceptors (Lipinski definition) is 6. The lowest BCUT2D eigenvalue weighted by Crippen LogP contribution is -2.22. The van der Waals surface area contributed by atoms with Crippen molar-refractivity contribution in [1.82, 2.24) is 4.31 Å². The van der Waals surface area contributed by atoms with Crippen LogP contribution in [0.4, 0.5) is 15.8 Å². The first kappa shape index (κ1) is 20.3. The van der Waals surface area contributed by atoms with Crippen molar-refractivity contribution < 1.29 is 27.3 Å². The molecule has 0 bridgehead atoms. The van der Waals surface area contributed by atoms with Crippen molar-refractivity contribution in [3.8, 4) is 5.75 Å². The third kappa shape index (κ3) is 4.99. The van der Waals surface area contributed by atoms with E-state index in [-0.39, 0.29) is 10.6 Å². The number of nitro benzene ring substituents is 1. The molecule has 0 radical (unpaired) electrons. The number of nitrogens with one attached hydrogen (secondary N) is 1. The summed E-state index contributed by atoms with van der Waals surface area (Å²) in [6.45, 7) is -0.595. The molecule has 0 spiro atoms. The minimum atomic E-state index is -3.59. The van der Waals surface area contributed by atoms with Crippen LogP contribution in [0.25, 0.3) is 0 Å². The number of anilines is 1. The van der Waals surface area contributed by atoms with Gasteiger partial charge in [0.1, 0.15) is 5.82 Å². The Morgan fingerprint density at radius 2 is 1.85 bits per heavy atom. The van der Waals surface area contributed by atoms with Gasteiger partial charge in [-0.05, 0) is 30.3 Å². The van der Waals surface area contributed by atoms with E-state index in [0.717, 1.165) is 22.5 Å². The van der Waals surface area contributed by atoms with Crippen LogP contribution in [0, 0.1) is 15.9 Å². The number of ether oxygens (including phenoxy) is 1. The maximum absolute atomic E-state index is 13.2. The van der Waals surface area contributed by atoms with E-state index >= 15 is 0 Å². The van der Waals surface area contributed by atoms with Crippen molar-refractivity contribution in [2.24, 2.45) is 0 Å². The summed E-state index contributed by atoms with van der Waals surface area (Å²) in [6, 6.07) is 8.08. The zero-order valence-corrected chi connectivity index (χ0v) is 15.2. The highest BCUT2D eigenvalue weighted by Gasteiger charge is 2.18. The van der Waals surface area contributed by atoms with Crippen LogP contribution >= 0.6 is 0 Å². The fourth-order valence-corrected chi connectivity index (χ4v) is 2.92. The second-order valence-corrected chi connectivity index (χ2v) is 7.67. The maximum Gasteiger partial charge on any atom is 0.311 e. The molecular weight excluding hydrogens is 381 g/mol. The van der Waals surface area contributed by atoms with Crippen LogP contribution in [0.5, 0.6) is 5.75 Å². The largest absolute Gasteiger partial charge is 0.477 e. The van der Waals surface area contributed by atoms with Gasteiger partial charge in [-0.3, -0.25) is 14.9 Å². The lowest BCUT2D eigenvalue weighted by Gasteiger charge is -2.12. The number of carbonyl (C=O) groups excluding carboxylic acids is 1. The molecule has 9 nitrogen and oxygen atoms in total. The SMILES string of the molecule is CN(C)S(=O)(=O)c1ccc(NC(=O)COc2cc(F)ccc2[N+](=O)[O-])cc1. The maximum atomic E-state index is 13.2. The van der Waals surface area contributed by atoms with Gasteiger partial charge >= 0.3 is 5.69 Å². The standard InChI is InChI=1S/C16H16FN3O6S/c1-19(2)27(24,25)13-6-4-12(5-7-13)18-16(21)10-26-15-9-11(17)3-8-14(15)20(22)23/h3-9H,10H2,1-2H3,(H,18,21). The van der Waals surface area contributed by atoms with E-state index < -0.39 is 39.0 Å². The summed E-state index contributed by atoms with van der Waals surface area (Å²) in [6.07, 6.45) is 0. The van der Waals surface area contributed by atoms with E-state index in [1.165, 1.54) is 38.4 Å². The average Bonchev–Trinajstić information content (AvgIpc) is 2.60. The Bertz CT molecular complexity index is 961. The minimum Gasteiger partial charge on any atom is -0.477 e. The van der Waals surface area contributed by atoms with E-state index in [1.54, 1.807) is 0 Å². The van der Waals surface area contributed by atoms with Crippen LogP contribution in [0.1, 0.15) is 0 Å². The van der Waals surface area contributed by atoms with Gasteiger partial charge in [-0.25, -0.2) is 17.1 Å². The molecule has 0 saturated heterocycles. The first-order valence-electron chi connectivity index (χ1n) is 7.50. The molecule has 2 rings (SSSR count). The number of amides is 1. The molecule has 0 aliphatic heterocycles. The van der Waals surface area contributed by atoms with E-state index in [0.29, 0.717) is 5.69 Å². The van der Waals surface area contributed by atoms with E-state index in [4.69, 9.17) is 4.74 Å². The fourth-order valence-electron chi connectivity index (χ4n) is 2.02. The molecule has 0 heterocycles. The summed E-state index contributed by atoms with van der Waals surface area (Å²) in [7, 11) is -0.795. The zero-order chi connectivity index (χ0) is 20.2. The summed E-state index contributed by atoms with van der Waals surface area (Å²) >= 11 is 0. The van der Waals surface area contributed by atoms with Gasteiger partial charge in [0.2, 0.25) is 15.8 Å². The first-order valence-corrected chi connectivity index (χ1v) is 8.94. The van der Waals surface area contributed by atoms with E-state index in [1.807, 2.05) is 0 Å². The van der Waals surface area contributed by atoms with Crippen LogP contribution in [-0.2, 0) is 14.8 Å². The van der Waals surface area contributed by atoms with Gasteiger partial charge in [-0.15, -0.1) is 0 Å². The van der Waals surface area contributed by atoms with Gasteiger partial charge in [-0.2, -0.15) is 0 Å². The van der Waals surface area contributed by atoms with Crippen LogP contribution in [0.3, 0.4) is 0 Å². The molecule has 0 aliphatic rings. The third-order valence-electron chi connectivity index (χ3n) is 3.39. The Hall–Kier alpha value is -3.05. The zero-order valence-electron chi connectivity index (χ0n) is 14.4. The molecule has 0 aliphatic carbocycles. The molecule has 2 aromatic rings. The highest BCUT2D eigenvalue weighted by Crippen LogP contribution is 2.27. The molecule has 11 heteroatoms. The van der Waals surface area contributed by atoms with Gasteiger partial charge in [0.15, 0.2) is 6.61 Å². The van der Waals surface area contributed by atoms with Gasteiger partial charge in [0.05, 0.1) is 9.82 Å². The number of halogens is 1. The van der Waals surface area contributed by atoms with Crippen molar-refractivity contribution >= 4 is 27.3 Å². The summed E-state index contributed by atoms with van der Waals surface area (Å²) in [5.41, 5.74) is -0.169. The Morgan fingerprint density at radius 1 is 1.22 bits per heavy atom. The molecular formula is C16H16FN3O6S. The van der Waals surface area contributed by atoms with Gasteiger partial charge in [0.25, 0.3) is 5.91 Å².